The lowest BCUT2D eigenvalue weighted by Crippen LogP contribution is -2.09. The van der Waals surface area contributed by atoms with Crippen molar-refractivity contribution in [3.8, 4) is 11.5 Å². The van der Waals surface area contributed by atoms with Crippen LogP contribution in [0.1, 0.15) is 30.4 Å². The molecular weight excluding hydrogens is 349 g/mol. The number of rotatable bonds is 8. The molecule has 0 saturated heterocycles. The van der Waals surface area contributed by atoms with Crippen molar-refractivity contribution in [3.63, 3.8) is 0 Å². The summed E-state index contributed by atoms with van der Waals surface area (Å²) in [5.74, 6) is -0.856. The van der Waals surface area contributed by atoms with Crippen LogP contribution in [0.5, 0.6) is 11.5 Å². The van der Waals surface area contributed by atoms with Crippen LogP contribution >= 0.6 is 0 Å². The van der Waals surface area contributed by atoms with Gasteiger partial charge in [0.15, 0.2) is 11.5 Å². The van der Waals surface area contributed by atoms with E-state index in [4.69, 9.17) is 9.47 Å². The molecule has 0 aliphatic heterocycles. The quantitative estimate of drug-likeness (QED) is 0.635. The summed E-state index contributed by atoms with van der Waals surface area (Å²) in [6, 6.07) is 10.2. The Balaban J connectivity index is 1.91. The zero-order valence-corrected chi connectivity index (χ0v) is 14.4. The predicted molar refractivity (Wildman–Crippen MR) is 88.9 cm³/mol. The SMILES string of the molecule is COc1cc(COC(=O)CC(C)c2ccc(F)cc2)ccc1OC(F)F. The molecule has 1 unspecified atom stereocenters. The molecule has 2 aromatic carbocycles. The Hall–Kier alpha value is -2.70. The number of carbonyl (C=O) groups excluding carboxylic acids is 1. The van der Waals surface area contributed by atoms with Crippen molar-refractivity contribution in [1.82, 2.24) is 0 Å². The van der Waals surface area contributed by atoms with Crippen LogP contribution in [0.4, 0.5) is 13.2 Å². The number of methoxy groups -OCH3 is 1. The van der Waals surface area contributed by atoms with Gasteiger partial charge in [0.1, 0.15) is 12.4 Å². The minimum absolute atomic E-state index is 0.0275. The molecule has 0 aliphatic carbocycles. The molecule has 0 N–H and O–H groups in total. The maximum absolute atomic E-state index is 12.9. The van der Waals surface area contributed by atoms with Gasteiger partial charge in [-0.05, 0) is 41.3 Å². The zero-order valence-electron chi connectivity index (χ0n) is 14.4. The number of carbonyl (C=O) groups is 1. The van der Waals surface area contributed by atoms with Gasteiger partial charge in [0.25, 0.3) is 0 Å². The molecule has 0 amide bonds. The van der Waals surface area contributed by atoms with Crippen molar-refractivity contribution < 1.29 is 32.2 Å². The molecule has 1 atom stereocenters. The molecule has 0 saturated carbocycles. The Morgan fingerprint density at radius 1 is 1.08 bits per heavy atom. The second-order valence-corrected chi connectivity index (χ2v) is 5.68. The van der Waals surface area contributed by atoms with Crippen LogP contribution in [0.15, 0.2) is 42.5 Å². The topological polar surface area (TPSA) is 44.8 Å². The van der Waals surface area contributed by atoms with Gasteiger partial charge in [-0.25, -0.2) is 4.39 Å². The van der Waals surface area contributed by atoms with E-state index >= 15 is 0 Å². The lowest BCUT2D eigenvalue weighted by molar-refractivity contribution is -0.145. The van der Waals surface area contributed by atoms with E-state index in [2.05, 4.69) is 4.74 Å². The summed E-state index contributed by atoms with van der Waals surface area (Å²) in [5.41, 5.74) is 1.41. The third kappa shape index (κ3) is 5.68. The van der Waals surface area contributed by atoms with Gasteiger partial charge < -0.3 is 14.2 Å². The van der Waals surface area contributed by atoms with E-state index in [-0.39, 0.29) is 36.3 Å². The molecule has 0 aromatic heterocycles. The number of esters is 1. The van der Waals surface area contributed by atoms with Gasteiger partial charge >= 0.3 is 12.6 Å². The highest BCUT2D eigenvalue weighted by atomic mass is 19.3. The van der Waals surface area contributed by atoms with Crippen molar-refractivity contribution in [2.45, 2.75) is 32.5 Å². The predicted octanol–water partition coefficient (Wildman–Crippen LogP) is 4.67. The van der Waals surface area contributed by atoms with Crippen LogP contribution < -0.4 is 9.47 Å². The largest absolute Gasteiger partial charge is 0.493 e. The van der Waals surface area contributed by atoms with Gasteiger partial charge in [0.05, 0.1) is 13.5 Å². The summed E-state index contributed by atoms with van der Waals surface area (Å²) in [6.07, 6.45) is 0.134. The number of ether oxygens (including phenoxy) is 3. The Labute approximate surface area is 149 Å². The number of benzene rings is 2. The number of hydrogen-bond acceptors (Lipinski definition) is 4. The second kappa shape index (κ2) is 9.12. The van der Waals surface area contributed by atoms with Crippen LogP contribution in [0.25, 0.3) is 0 Å². The fourth-order valence-corrected chi connectivity index (χ4v) is 2.38. The molecule has 140 valence electrons. The minimum Gasteiger partial charge on any atom is -0.493 e. The van der Waals surface area contributed by atoms with E-state index < -0.39 is 12.6 Å². The van der Waals surface area contributed by atoms with Crippen molar-refractivity contribution in [2.24, 2.45) is 0 Å². The summed E-state index contributed by atoms with van der Waals surface area (Å²) < 4.78 is 52.1. The highest BCUT2D eigenvalue weighted by molar-refractivity contribution is 5.70. The highest BCUT2D eigenvalue weighted by Gasteiger charge is 2.14. The molecule has 0 radical (unpaired) electrons. The molecule has 0 fully saturated rings. The van der Waals surface area contributed by atoms with Gasteiger partial charge in [0.2, 0.25) is 0 Å². The monoisotopic (exact) mass is 368 g/mol. The van der Waals surface area contributed by atoms with Gasteiger partial charge in [-0.1, -0.05) is 25.1 Å². The van der Waals surface area contributed by atoms with E-state index in [0.29, 0.717) is 5.56 Å². The Morgan fingerprint density at radius 2 is 1.77 bits per heavy atom. The van der Waals surface area contributed by atoms with Crippen LogP contribution in [0, 0.1) is 5.82 Å². The van der Waals surface area contributed by atoms with Crippen molar-refractivity contribution in [2.75, 3.05) is 7.11 Å². The van der Waals surface area contributed by atoms with E-state index in [9.17, 15) is 18.0 Å². The van der Waals surface area contributed by atoms with Crippen molar-refractivity contribution >= 4 is 5.97 Å². The molecule has 2 aromatic rings. The van der Waals surface area contributed by atoms with Gasteiger partial charge in [-0.15, -0.1) is 0 Å². The molecular formula is C19H19F3O4. The van der Waals surface area contributed by atoms with Crippen LogP contribution in [-0.2, 0) is 16.1 Å². The third-order valence-electron chi connectivity index (χ3n) is 3.76. The first kappa shape index (κ1) is 19.6. The summed E-state index contributed by atoms with van der Waals surface area (Å²) in [6.45, 7) is -1.14. The maximum atomic E-state index is 12.9. The van der Waals surface area contributed by atoms with Crippen molar-refractivity contribution in [3.05, 3.63) is 59.4 Å². The summed E-state index contributed by atoms with van der Waals surface area (Å²) in [5, 5.41) is 0. The fraction of sp³-hybridized carbons (Fsp3) is 0.316. The lowest BCUT2D eigenvalue weighted by atomic mass is 9.98. The molecule has 0 aliphatic rings. The Bertz CT molecular complexity index is 732. The number of halogens is 3. The van der Waals surface area contributed by atoms with Crippen LogP contribution in [-0.4, -0.2) is 19.7 Å². The summed E-state index contributed by atoms with van der Waals surface area (Å²) in [7, 11) is 1.33. The number of hydrogen-bond donors (Lipinski definition) is 0. The smallest absolute Gasteiger partial charge is 0.387 e. The number of alkyl halides is 2. The Kier molecular flexibility index (Phi) is 6.89. The average molecular weight is 368 g/mol. The molecule has 0 spiro atoms. The molecule has 4 nitrogen and oxygen atoms in total. The normalized spacial score (nSPS) is 11.9. The van der Waals surface area contributed by atoms with E-state index in [1.165, 1.54) is 37.4 Å². The van der Waals surface area contributed by atoms with Gasteiger partial charge in [-0.2, -0.15) is 8.78 Å². The minimum atomic E-state index is -2.96. The summed E-state index contributed by atoms with van der Waals surface area (Å²) in [4.78, 5) is 12.0. The average Bonchev–Trinajstić information content (AvgIpc) is 2.60. The van der Waals surface area contributed by atoms with E-state index in [1.54, 1.807) is 12.1 Å². The summed E-state index contributed by atoms with van der Waals surface area (Å²) >= 11 is 0. The standard InChI is InChI=1S/C19H19F3O4/c1-12(14-4-6-15(20)7-5-14)9-18(23)25-11-13-3-8-16(26-19(21)22)17(10-13)24-2/h3-8,10,12,19H,9,11H2,1-2H3. The van der Waals surface area contributed by atoms with E-state index in [0.717, 1.165) is 5.56 Å². The van der Waals surface area contributed by atoms with Crippen molar-refractivity contribution in [1.29, 1.82) is 0 Å². The maximum Gasteiger partial charge on any atom is 0.387 e. The molecule has 7 heteroatoms. The first-order valence-corrected chi connectivity index (χ1v) is 7.92. The zero-order chi connectivity index (χ0) is 19.1. The Morgan fingerprint density at radius 3 is 2.38 bits per heavy atom. The third-order valence-corrected chi connectivity index (χ3v) is 3.76. The van der Waals surface area contributed by atoms with Gasteiger partial charge in [0, 0.05) is 0 Å². The molecule has 26 heavy (non-hydrogen) atoms. The van der Waals surface area contributed by atoms with Crippen LogP contribution in [0.3, 0.4) is 0 Å². The molecule has 0 bridgehead atoms. The first-order valence-electron chi connectivity index (χ1n) is 7.92. The second-order valence-electron chi connectivity index (χ2n) is 5.68. The lowest BCUT2D eigenvalue weighted by Gasteiger charge is -2.13. The first-order chi connectivity index (χ1) is 12.4. The molecule has 2 rings (SSSR count). The van der Waals surface area contributed by atoms with E-state index in [1.807, 2.05) is 6.92 Å². The highest BCUT2D eigenvalue weighted by Crippen LogP contribution is 2.30. The van der Waals surface area contributed by atoms with Gasteiger partial charge in [-0.3, -0.25) is 4.79 Å². The fourth-order valence-electron chi connectivity index (χ4n) is 2.38. The molecule has 0 heterocycles. The van der Waals surface area contributed by atoms with Crippen LogP contribution in [0.2, 0.25) is 0 Å².